The summed E-state index contributed by atoms with van der Waals surface area (Å²) in [7, 11) is 0. The molecule has 0 spiro atoms. The first-order valence-corrected chi connectivity index (χ1v) is 9.88. The highest BCUT2D eigenvalue weighted by Gasteiger charge is 2.37. The van der Waals surface area contributed by atoms with Crippen molar-refractivity contribution in [3.63, 3.8) is 0 Å². The molecule has 0 aromatic heterocycles. The number of benzene rings is 1. The Morgan fingerprint density at radius 3 is 2.52 bits per heavy atom. The van der Waals surface area contributed by atoms with Gasteiger partial charge in [-0.3, -0.25) is 4.99 Å². The van der Waals surface area contributed by atoms with E-state index < -0.39 is 17.2 Å². The molecule has 1 aliphatic heterocycles. The molecular formula is C21H29F3IN3O. The van der Waals surface area contributed by atoms with E-state index in [2.05, 4.69) is 22.8 Å². The van der Waals surface area contributed by atoms with Crippen LogP contribution < -0.4 is 10.6 Å². The molecule has 162 valence electrons. The first-order valence-electron chi connectivity index (χ1n) is 9.88. The summed E-state index contributed by atoms with van der Waals surface area (Å²) < 4.78 is 45.2. The van der Waals surface area contributed by atoms with Gasteiger partial charge in [-0.25, -0.2) is 0 Å². The van der Waals surface area contributed by atoms with Gasteiger partial charge in [0.25, 0.3) is 0 Å². The van der Waals surface area contributed by atoms with Gasteiger partial charge in [-0.2, -0.15) is 13.2 Å². The molecule has 3 rings (SSSR count). The van der Waals surface area contributed by atoms with Gasteiger partial charge in [0.05, 0.1) is 12.1 Å². The van der Waals surface area contributed by atoms with Crippen molar-refractivity contribution in [2.75, 3.05) is 26.3 Å². The summed E-state index contributed by atoms with van der Waals surface area (Å²) in [5.41, 5.74) is -0.370. The molecule has 1 fully saturated rings. The highest BCUT2D eigenvalue weighted by molar-refractivity contribution is 14.0. The zero-order valence-corrected chi connectivity index (χ0v) is 18.9. The van der Waals surface area contributed by atoms with Crippen LogP contribution in [0.25, 0.3) is 0 Å². The summed E-state index contributed by atoms with van der Waals surface area (Å²) in [5, 5.41) is 6.68. The molecule has 1 aromatic carbocycles. The summed E-state index contributed by atoms with van der Waals surface area (Å²) in [6.07, 6.45) is 3.16. The van der Waals surface area contributed by atoms with Crippen molar-refractivity contribution < 1.29 is 17.9 Å². The number of halogens is 4. The van der Waals surface area contributed by atoms with Crippen molar-refractivity contribution >= 4 is 29.9 Å². The van der Waals surface area contributed by atoms with Crippen LogP contribution >= 0.6 is 24.0 Å². The van der Waals surface area contributed by atoms with Gasteiger partial charge in [0, 0.05) is 31.2 Å². The van der Waals surface area contributed by atoms with Crippen LogP contribution in [0.2, 0.25) is 0 Å². The maximum absolute atomic E-state index is 13.2. The van der Waals surface area contributed by atoms with Gasteiger partial charge in [-0.15, -0.1) is 24.0 Å². The lowest BCUT2D eigenvalue weighted by Crippen LogP contribution is -2.44. The van der Waals surface area contributed by atoms with Crippen LogP contribution in [0.1, 0.15) is 43.7 Å². The molecule has 1 saturated heterocycles. The minimum absolute atomic E-state index is 0. The molecule has 0 unspecified atom stereocenters. The van der Waals surface area contributed by atoms with Gasteiger partial charge in [0.15, 0.2) is 5.96 Å². The van der Waals surface area contributed by atoms with E-state index in [1.54, 1.807) is 6.07 Å². The van der Waals surface area contributed by atoms with Gasteiger partial charge < -0.3 is 15.4 Å². The number of nitrogens with one attached hydrogen (secondary N) is 2. The topological polar surface area (TPSA) is 45.7 Å². The van der Waals surface area contributed by atoms with Crippen molar-refractivity contribution in [3.8, 4) is 0 Å². The molecule has 0 amide bonds. The van der Waals surface area contributed by atoms with Gasteiger partial charge >= 0.3 is 6.18 Å². The molecular weight excluding hydrogens is 494 g/mol. The number of nitrogens with zero attached hydrogens (tertiary/aromatic N) is 1. The molecule has 0 atom stereocenters. The standard InChI is InChI=1S/C21H28F3N3O.HI/c1-2-25-19(27-18-8-3-4-9-18)26-15-20(10-12-28-13-11-20)16-6-5-7-17(14-16)21(22,23)24;/h3-7,14,18H,2,8-13,15H2,1H3,(H2,25,26,27);1H. The Morgan fingerprint density at radius 2 is 1.90 bits per heavy atom. The number of hydrogen-bond donors (Lipinski definition) is 2. The number of aliphatic imine (C=N–C) groups is 1. The van der Waals surface area contributed by atoms with Gasteiger partial charge in [-0.05, 0) is 44.2 Å². The Hall–Kier alpha value is -1.29. The van der Waals surface area contributed by atoms with E-state index in [9.17, 15) is 13.2 Å². The summed E-state index contributed by atoms with van der Waals surface area (Å²) in [4.78, 5) is 4.77. The zero-order valence-electron chi connectivity index (χ0n) is 16.6. The number of hydrogen-bond acceptors (Lipinski definition) is 2. The van der Waals surface area contributed by atoms with Crippen LogP contribution in [0.4, 0.5) is 13.2 Å². The molecule has 0 saturated carbocycles. The highest BCUT2D eigenvalue weighted by Crippen LogP contribution is 2.38. The predicted molar refractivity (Wildman–Crippen MR) is 120 cm³/mol. The maximum Gasteiger partial charge on any atom is 0.416 e. The van der Waals surface area contributed by atoms with Crippen LogP contribution in [0.3, 0.4) is 0 Å². The molecule has 1 heterocycles. The Bertz CT molecular complexity index is 707. The third kappa shape index (κ3) is 6.34. The Kier molecular flexibility index (Phi) is 8.81. The maximum atomic E-state index is 13.2. The smallest absolute Gasteiger partial charge is 0.381 e. The average Bonchev–Trinajstić information content (AvgIpc) is 3.20. The molecule has 2 N–H and O–H groups in total. The average molecular weight is 523 g/mol. The molecule has 0 radical (unpaired) electrons. The molecule has 8 heteroatoms. The third-order valence-electron chi connectivity index (χ3n) is 5.48. The number of ether oxygens (including phenoxy) is 1. The third-order valence-corrected chi connectivity index (χ3v) is 5.48. The largest absolute Gasteiger partial charge is 0.416 e. The van der Waals surface area contributed by atoms with E-state index in [0.717, 1.165) is 25.5 Å². The lowest BCUT2D eigenvalue weighted by Gasteiger charge is -2.37. The van der Waals surface area contributed by atoms with E-state index in [-0.39, 0.29) is 24.0 Å². The molecule has 1 aromatic rings. The van der Waals surface area contributed by atoms with Crippen LogP contribution in [0.15, 0.2) is 41.4 Å². The fraction of sp³-hybridized carbons (Fsp3) is 0.571. The number of guanidine groups is 1. The Balaban J connectivity index is 0.00000300. The quantitative estimate of drug-likeness (QED) is 0.256. The SMILES string of the molecule is CCNC(=NCC1(c2cccc(C(F)(F)F)c2)CCOCC1)NC1CC=CC1.I. The molecule has 4 nitrogen and oxygen atoms in total. The molecule has 0 bridgehead atoms. The van der Waals surface area contributed by atoms with Crippen molar-refractivity contribution in [1.82, 2.24) is 10.6 Å². The van der Waals surface area contributed by atoms with Gasteiger partial charge in [-0.1, -0.05) is 30.4 Å². The van der Waals surface area contributed by atoms with E-state index in [1.807, 2.05) is 6.92 Å². The number of alkyl halides is 3. The zero-order chi connectivity index (χ0) is 20.0. The Labute approximate surface area is 187 Å². The second-order valence-electron chi connectivity index (χ2n) is 7.45. The first-order chi connectivity index (χ1) is 13.4. The summed E-state index contributed by atoms with van der Waals surface area (Å²) in [5.74, 6) is 0.717. The van der Waals surface area contributed by atoms with E-state index in [4.69, 9.17) is 9.73 Å². The minimum atomic E-state index is -4.35. The summed E-state index contributed by atoms with van der Waals surface area (Å²) >= 11 is 0. The second kappa shape index (κ2) is 10.7. The molecule has 29 heavy (non-hydrogen) atoms. The lowest BCUT2D eigenvalue weighted by molar-refractivity contribution is -0.137. The highest BCUT2D eigenvalue weighted by atomic mass is 127. The van der Waals surface area contributed by atoms with Crippen LogP contribution in [0.5, 0.6) is 0 Å². The van der Waals surface area contributed by atoms with Crippen LogP contribution in [0, 0.1) is 0 Å². The van der Waals surface area contributed by atoms with Crippen LogP contribution in [-0.4, -0.2) is 38.3 Å². The van der Waals surface area contributed by atoms with Gasteiger partial charge in [0.1, 0.15) is 0 Å². The lowest BCUT2D eigenvalue weighted by atomic mass is 9.74. The van der Waals surface area contributed by atoms with Crippen molar-refractivity contribution in [2.24, 2.45) is 4.99 Å². The monoisotopic (exact) mass is 523 g/mol. The van der Waals surface area contributed by atoms with Gasteiger partial charge in [0.2, 0.25) is 0 Å². The second-order valence-corrected chi connectivity index (χ2v) is 7.45. The first kappa shape index (κ1) is 24.0. The van der Waals surface area contributed by atoms with E-state index >= 15 is 0 Å². The van der Waals surface area contributed by atoms with E-state index in [1.165, 1.54) is 12.1 Å². The van der Waals surface area contributed by atoms with E-state index in [0.29, 0.717) is 50.2 Å². The Morgan fingerprint density at radius 1 is 1.21 bits per heavy atom. The fourth-order valence-electron chi connectivity index (χ4n) is 3.80. The minimum Gasteiger partial charge on any atom is -0.381 e. The van der Waals surface area contributed by atoms with Crippen LogP contribution in [-0.2, 0) is 16.3 Å². The number of rotatable bonds is 5. The predicted octanol–water partition coefficient (Wildman–Crippen LogP) is 4.65. The van der Waals surface area contributed by atoms with Crippen molar-refractivity contribution in [1.29, 1.82) is 0 Å². The summed E-state index contributed by atoms with van der Waals surface area (Å²) in [6.45, 7) is 4.21. The molecule has 1 aliphatic carbocycles. The van der Waals surface area contributed by atoms with Crippen molar-refractivity contribution in [3.05, 3.63) is 47.5 Å². The fourth-order valence-corrected chi connectivity index (χ4v) is 3.80. The van der Waals surface area contributed by atoms with Crippen molar-refractivity contribution in [2.45, 2.75) is 50.2 Å². The normalized spacial score (nSPS) is 19.7. The summed E-state index contributed by atoms with van der Waals surface area (Å²) in [6, 6.07) is 6.00. The molecule has 2 aliphatic rings.